The molecule has 1 amide bonds. The normalized spacial score (nSPS) is 17.3. The Morgan fingerprint density at radius 2 is 1.80 bits per heavy atom. The maximum atomic E-state index is 13.2. The Kier molecular flexibility index (Phi) is 8.93. The number of carbonyl (C=O) groups excluding carboxylic acids is 2. The molecule has 0 saturated carbocycles. The predicted molar refractivity (Wildman–Crippen MR) is 135 cm³/mol. The Morgan fingerprint density at radius 1 is 1.09 bits per heavy atom. The van der Waals surface area contributed by atoms with Crippen molar-refractivity contribution in [2.24, 2.45) is 5.92 Å². The minimum absolute atomic E-state index is 0.0758. The van der Waals surface area contributed by atoms with E-state index in [1.165, 1.54) is 4.90 Å². The number of rotatable bonds is 11. The molecule has 1 saturated heterocycles. The first-order valence-electron chi connectivity index (χ1n) is 12.0. The highest BCUT2D eigenvalue weighted by Gasteiger charge is 2.45. The molecule has 1 aliphatic rings. The third-order valence-electron chi connectivity index (χ3n) is 5.81. The van der Waals surface area contributed by atoms with Gasteiger partial charge in [-0.25, -0.2) is 0 Å². The molecule has 1 N–H and O–H groups in total. The summed E-state index contributed by atoms with van der Waals surface area (Å²) in [6.07, 6.45) is 0.568. The summed E-state index contributed by atoms with van der Waals surface area (Å²) in [4.78, 5) is 27.7. The van der Waals surface area contributed by atoms with Crippen molar-refractivity contribution in [2.75, 3.05) is 33.5 Å². The highest BCUT2D eigenvalue weighted by atomic mass is 16.5. The van der Waals surface area contributed by atoms with Gasteiger partial charge in [-0.2, -0.15) is 0 Å². The number of amides is 1. The molecule has 0 aromatic heterocycles. The second kappa shape index (κ2) is 11.9. The van der Waals surface area contributed by atoms with Crippen molar-refractivity contribution in [3.8, 4) is 11.5 Å². The fourth-order valence-corrected chi connectivity index (χ4v) is 4.12. The van der Waals surface area contributed by atoms with Gasteiger partial charge in [-0.3, -0.25) is 9.59 Å². The van der Waals surface area contributed by atoms with E-state index < -0.39 is 17.7 Å². The molecule has 0 spiro atoms. The molecule has 1 aliphatic heterocycles. The Bertz CT molecular complexity index is 1070. The van der Waals surface area contributed by atoms with Crippen molar-refractivity contribution in [3.63, 3.8) is 0 Å². The van der Waals surface area contributed by atoms with Crippen LogP contribution in [0.3, 0.4) is 0 Å². The minimum Gasteiger partial charge on any atom is -0.507 e. The van der Waals surface area contributed by atoms with Crippen LogP contribution in [0.25, 0.3) is 5.76 Å². The van der Waals surface area contributed by atoms with Crippen LogP contribution >= 0.6 is 0 Å². The molecule has 0 aliphatic carbocycles. The number of nitrogens with zero attached hydrogens (tertiary/aromatic N) is 1. The molecule has 1 atom stereocenters. The van der Waals surface area contributed by atoms with Gasteiger partial charge in [-0.05, 0) is 67.6 Å². The van der Waals surface area contributed by atoms with Gasteiger partial charge in [0.25, 0.3) is 11.7 Å². The number of aliphatic hydroxyl groups excluding tert-OH is 1. The van der Waals surface area contributed by atoms with E-state index >= 15 is 0 Å². The first-order valence-corrected chi connectivity index (χ1v) is 12.0. The summed E-state index contributed by atoms with van der Waals surface area (Å²) >= 11 is 0. The second-order valence-electron chi connectivity index (χ2n) is 9.03. The monoisotopic (exact) mass is 481 g/mol. The number of ketones is 1. The van der Waals surface area contributed by atoms with Gasteiger partial charge in [-0.1, -0.05) is 26.0 Å². The second-order valence-corrected chi connectivity index (χ2v) is 9.03. The molecule has 0 radical (unpaired) electrons. The standard InChI is InChI=1S/C28H35NO6/c1-6-34-22-11-8-20(9-12-22)25-24(27(31)28(32)29(25)14-7-15-33-5)26(30)21-10-13-23(19(4)16-21)35-17-18(2)3/h8-13,16,18,25,30H,6-7,14-15,17H2,1-5H3/b26-24+. The molecule has 35 heavy (non-hydrogen) atoms. The van der Waals surface area contributed by atoms with E-state index in [0.29, 0.717) is 50.0 Å². The lowest BCUT2D eigenvalue weighted by Crippen LogP contribution is -2.31. The maximum absolute atomic E-state index is 13.2. The third kappa shape index (κ3) is 6.03. The van der Waals surface area contributed by atoms with E-state index in [1.807, 2.05) is 26.0 Å². The average molecular weight is 482 g/mol. The number of aryl methyl sites for hydroxylation is 1. The highest BCUT2D eigenvalue weighted by Crippen LogP contribution is 2.40. The van der Waals surface area contributed by atoms with Crippen LogP contribution in [0.2, 0.25) is 0 Å². The summed E-state index contributed by atoms with van der Waals surface area (Å²) in [5.41, 5.74) is 2.10. The number of Topliss-reactive ketones (excluding diaryl/α,β-unsaturated/α-hetero) is 1. The van der Waals surface area contributed by atoms with Crippen LogP contribution in [-0.2, 0) is 14.3 Å². The zero-order valence-corrected chi connectivity index (χ0v) is 21.2. The largest absolute Gasteiger partial charge is 0.507 e. The number of carbonyl (C=O) groups is 2. The number of hydrogen-bond acceptors (Lipinski definition) is 6. The van der Waals surface area contributed by atoms with Gasteiger partial charge in [-0.15, -0.1) is 0 Å². The number of ether oxygens (including phenoxy) is 3. The minimum atomic E-state index is -0.709. The molecule has 2 aromatic carbocycles. The third-order valence-corrected chi connectivity index (χ3v) is 5.81. The van der Waals surface area contributed by atoms with Crippen LogP contribution in [0.5, 0.6) is 11.5 Å². The lowest BCUT2D eigenvalue weighted by Gasteiger charge is -2.25. The molecule has 2 aromatic rings. The quantitative estimate of drug-likeness (QED) is 0.213. The fraction of sp³-hybridized carbons (Fsp3) is 0.429. The van der Waals surface area contributed by atoms with E-state index in [0.717, 1.165) is 16.9 Å². The van der Waals surface area contributed by atoms with Crippen molar-refractivity contribution in [2.45, 2.75) is 40.2 Å². The average Bonchev–Trinajstić information content (AvgIpc) is 3.08. The van der Waals surface area contributed by atoms with Gasteiger partial charge >= 0.3 is 0 Å². The van der Waals surface area contributed by atoms with Gasteiger partial charge < -0.3 is 24.2 Å². The molecule has 188 valence electrons. The van der Waals surface area contributed by atoms with E-state index in [1.54, 1.807) is 37.4 Å². The van der Waals surface area contributed by atoms with Crippen molar-refractivity contribution < 1.29 is 28.9 Å². The SMILES string of the molecule is CCOc1ccc(C2/C(=C(\O)c3ccc(OCC(C)C)c(C)c3)C(=O)C(=O)N2CCCOC)cc1. The molecule has 7 nitrogen and oxygen atoms in total. The molecule has 1 heterocycles. The Morgan fingerprint density at radius 3 is 2.40 bits per heavy atom. The summed E-state index contributed by atoms with van der Waals surface area (Å²) in [7, 11) is 1.59. The van der Waals surface area contributed by atoms with Crippen LogP contribution in [0.1, 0.15) is 49.9 Å². The van der Waals surface area contributed by atoms with Crippen molar-refractivity contribution in [1.29, 1.82) is 0 Å². The van der Waals surface area contributed by atoms with Gasteiger partial charge in [0.2, 0.25) is 0 Å². The maximum Gasteiger partial charge on any atom is 0.295 e. The van der Waals surface area contributed by atoms with E-state index in [2.05, 4.69) is 13.8 Å². The molecular weight excluding hydrogens is 446 g/mol. The van der Waals surface area contributed by atoms with Gasteiger partial charge in [0, 0.05) is 25.8 Å². The number of hydrogen-bond donors (Lipinski definition) is 1. The number of methoxy groups -OCH3 is 1. The van der Waals surface area contributed by atoms with Crippen LogP contribution in [-0.4, -0.2) is 55.2 Å². The molecule has 1 unspecified atom stereocenters. The Hall–Kier alpha value is -3.32. The van der Waals surface area contributed by atoms with Gasteiger partial charge in [0.05, 0.1) is 24.8 Å². The molecule has 3 rings (SSSR count). The fourth-order valence-electron chi connectivity index (χ4n) is 4.12. The lowest BCUT2D eigenvalue weighted by atomic mass is 9.94. The summed E-state index contributed by atoms with van der Waals surface area (Å²) in [6.45, 7) is 9.83. The van der Waals surface area contributed by atoms with Crippen molar-refractivity contribution in [1.82, 2.24) is 4.90 Å². The Balaban J connectivity index is 2.04. The number of benzene rings is 2. The summed E-state index contributed by atoms with van der Waals surface area (Å²) in [6, 6.07) is 11.8. The highest BCUT2D eigenvalue weighted by molar-refractivity contribution is 6.46. The number of likely N-dealkylation sites (tertiary alicyclic amines) is 1. The van der Waals surface area contributed by atoms with Crippen LogP contribution in [0.15, 0.2) is 48.0 Å². The zero-order chi connectivity index (χ0) is 25.5. The zero-order valence-electron chi connectivity index (χ0n) is 21.2. The van der Waals surface area contributed by atoms with Crippen LogP contribution in [0, 0.1) is 12.8 Å². The summed E-state index contributed by atoms with van der Waals surface area (Å²) < 4.78 is 16.5. The molecule has 0 bridgehead atoms. The Labute approximate surface area is 207 Å². The molecule has 7 heteroatoms. The summed E-state index contributed by atoms with van der Waals surface area (Å²) in [5, 5.41) is 11.3. The van der Waals surface area contributed by atoms with Crippen LogP contribution < -0.4 is 9.47 Å². The first kappa shape index (κ1) is 26.3. The summed E-state index contributed by atoms with van der Waals surface area (Å²) in [5.74, 6) is 0.269. The predicted octanol–water partition coefficient (Wildman–Crippen LogP) is 4.89. The lowest BCUT2D eigenvalue weighted by molar-refractivity contribution is -0.140. The first-order chi connectivity index (χ1) is 16.8. The van der Waals surface area contributed by atoms with Crippen LogP contribution in [0.4, 0.5) is 0 Å². The van der Waals surface area contributed by atoms with Crippen molar-refractivity contribution >= 4 is 17.4 Å². The van der Waals surface area contributed by atoms with Gasteiger partial charge in [0.1, 0.15) is 17.3 Å². The molecule has 1 fully saturated rings. The van der Waals surface area contributed by atoms with E-state index in [9.17, 15) is 14.7 Å². The topological polar surface area (TPSA) is 85.3 Å². The van der Waals surface area contributed by atoms with E-state index in [4.69, 9.17) is 14.2 Å². The van der Waals surface area contributed by atoms with Gasteiger partial charge in [0.15, 0.2) is 0 Å². The number of aliphatic hydroxyl groups is 1. The van der Waals surface area contributed by atoms with Crippen molar-refractivity contribution in [3.05, 3.63) is 64.7 Å². The van der Waals surface area contributed by atoms with E-state index in [-0.39, 0.29) is 11.3 Å². The smallest absolute Gasteiger partial charge is 0.295 e. The molecular formula is C28H35NO6.